The molecular weight excluding hydrogens is 312 g/mol. The molecule has 1 aromatic rings. The van der Waals surface area contributed by atoms with E-state index in [1.165, 1.54) is 37.3 Å². The molecule has 1 aromatic heterocycles. The van der Waals surface area contributed by atoms with Crippen LogP contribution in [0.2, 0.25) is 0 Å². The Morgan fingerprint density at radius 3 is 2.72 bits per heavy atom. The third-order valence-electron chi connectivity index (χ3n) is 4.27. The Morgan fingerprint density at radius 2 is 2.17 bits per heavy atom. The third-order valence-corrected chi connectivity index (χ3v) is 5.89. The number of hydrogen-bond donors (Lipinski definition) is 1. The highest BCUT2D eigenvalue weighted by atomic mass is 79.9. The second kappa shape index (κ2) is 4.94. The van der Waals surface area contributed by atoms with Crippen LogP contribution in [0.4, 0.5) is 0 Å². The zero-order valence-electron chi connectivity index (χ0n) is 10.4. The molecule has 0 saturated carbocycles. The molecular formula is C13H17BrN2OS. The van der Waals surface area contributed by atoms with Crippen LogP contribution in [-0.4, -0.2) is 36.0 Å². The second-order valence-corrected chi connectivity index (χ2v) is 7.68. The minimum Gasteiger partial charge on any atom is -0.347 e. The van der Waals surface area contributed by atoms with Crippen LogP contribution in [0.1, 0.15) is 29.4 Å². The summed E-state index contributed by atoms with van der Waals surface area (Å²) in [7, 11) is 0. The summed E-state index contributed by atoms with van der Waals surface area (Å²) in [6.07, 6.45) is 2.45. The van der Waals surface area contributed by atoms with E-state index in [1.54, 1.807) is 0 Å². The van der Waals surface area contributed by atoms with Gasteiger partial charge in [-0.2, -0.15) is 0 Å². The van der Waals surface area contributed by atoms with E-state index in [2.05, 4.69) is 33.1 Å². The summed E-state index contributed by atoms with van der Waals surface area (Å²) in [5.74, 6) is 0.744. The van der Waals surface area contributed by atoms with Gasteiger partial charge < -0.3 is 5.32 Å². The monoisotopic (exact) mass is 328 g/mol. The van der Waals surface area contributed by atoms with E-state index in [0.29, 0.717) is 18.0 Å². The summed E-state index contributed by atoms with van der Waals surface area (Å²) < 4.78 is 1.01. The molecule has 2 atom stereocenters. The van der Waals surface area contributed by atoms with Gasteiger partial charge in [-0.05, 0) is 66.8 Å². The van der Waals surface area contributed by atoms with Crippen LogP contribution in [0, 0.1) is 5.92 Å². The van der Waals surface area contributed by atoms with E-state index in [0.717, 1.165) is 8.66 Å². The van der Waals surface area contributed by atoms with Crippen molar-refractivity contribution in [1.82, 2.24) is 10.2 Å². The van der Waals surface area contributed by atoms with Gasteiger partial charge in [0.05, 0.1) is 8.66 Å². The first-order chi connectivity index (χ1) is 8.65. The standard InChI is InChI=1S/C13H17BrN2OS/c1-8-12(9-4-6-16(8)7-5-9)15-13(17)10-2-3-11(14)18-10/h2-3,8-9,12H,4-7H2,1H3,(H,15,17). The van der Waals surface area contributed by atoms with E-state index in [-0.39, 0.29) is 5.91 Å². The van der Waals surface area contributed by atoms with E-state index >= 15 is 0 Å². The number of fused-ring (bicyclic) bond motifs is 3. The number of rotatable bonds is 2. The molecule has 3 fully saturated rings. The molecule has 18 heavy (non-hydrogen) atoms. The van der Waals surface area contributed by atoms with Crippen LogP contribution in [0.5, 0.6) is 0 Å². The number of thiophene rings is 1. The highest BCUT2D eigenvalue weighted by Gasteiger charge is 2.40. The maximum absolute atomic E-state index is 12.2. The van der Waals surface area contributed by atoms with Crippen molar-refractivity contribution in [2.24, 2.45) is 5.92 Å². The van der Waals surface area contributed by atoms with Gasteiger partial charge in [0, 0.05) is 12.1 Å². The first-order valence-corrected chi connectivity index (χ1v) is 8.06. The van der Waals surface area contributed by atoms with Crippen molar-refractivity contribution in [2.75, 3.05) is 13.1 Å². The van der Waals surface area contributed by atoms with Crippen LogP contribution in [0.25, 0.3) is 0 Å². The molecule has 1 N–H and O–H groups in total. The van der Waals surface area contributed by atoms with Crippen LogP contribution in [0.3, 0.4) is 0 Å². The molecule has 5 heteroatoms. The fraction of sp³-hybridized carbons (Fsp3) is 0.615. The van der Waals surface area contributed by atoms with E-state index in [4.69, 9.17) is 0 Å². The lowest BCUT2D eigenvalue weighted by molar-refractivity contribution is 0.0218. The second-order valence-electron chi connectivity index (χ2n) is 5.22. The molecule has 0 aliphatic carbocycles. The predicted molar refractivity (Wildman–Crippen MR) is 77.0 cm³/mol. The largest absolute Gasteiger partial charge is 0.347 e. The number of hydrogen-bond acceptors (Lipinski definition) is 3. The van der Waals surface area contributed by atoms with Gasteiger partial charge in [-0.15, -0.1) is 11.3 Å². The Labute approximate surface area is 120 Å². The van der Waals surface area contributed by atoms with Gasteiger partial charge in [0.2, 0.25) is 0 Å². The van der Waals surface area contributed by atoms with E-state index in [9.17, 15) is 4.79 Å². The van der Waals surface area contributed by atoms with Crippen molar-refractivity contribution >= 4 is 33.2 Å². The number of carbonyl (C=O) groups excluding carboxylic acids is 1. The zero-order valence-corrected chi connectivity index (χ0v) is 12.8. The number of amides is 1. The van der Waals surface area contributed by atoms with Crippen molar-refractivity contribution in [3.63, 3.8) is 0 Å². The van der Waals surface area contributed by atoms with E-state index in [1.807, 2.05) is 12.1 Å². The molecule has 3 aliphatic heterocycles. The van der Waals surface area contributed by atoms with Crippen LogP contribution < -0.4 is 5.32 Å². The molecule has 1 amide bonds. The minimum atomic E-state index is 0.0799. The lowest BCUT2D eigenvalue weighted by Gasteiger charge is -2.49. The summed E-state index contributed by atoms with van der Waals surface area (Å²) in [6, 6.07) is 4.61. The van der Waals surface area contributed by atoms with E-state index < -0.39 is 0 Å². The van der Waals surface area contributed by atoms with Crippen molar-refractivity contribution in [3.05, 3.63) is 20.8 Å². The van der Waals surface area contributed by atoms with Crippen molar-refractivity contribution in [2.45, 2.75) is 31.8 Å². The summed E-state index contributed by atoms with van der Waals surface area (Å²) in [5, 5.41) is 3.24. The Morgan fingerprint density at radius 1 is 1.44 bits per heavy atom. The van der Waals surface area contributed by atoms with Gasteiger partial charge in [0.25, 0.3) is 5.91 Å². The quantitative estimate of drug-likeness (QED) is 0.905. The summed E-state index contributed by atoms with van der Waals surface area (Å²) in [4.78, 5) is 15.5. The Kier molecular flexibility index (Phi) is 3.47. The first kappa shape index (κ1) is 12.6. The summed E-state index contributed by atoms with van der Waals surface area (Å²) in [6.45, 7) is 4.63. The number of carbonyl (C=O) groups is 1. The molecule has 2 bridgehead atoms. The average Bonchev–Trinajstić information content (AvgIpc) is 2.81. The van der Waals surface area contributed by atoms with Crippen molar-refractivity contribution < 1.29 is 4.79 Å². The third kappa shape index (κ3) is 2.24. The molecule has 4 rings (SSSR count). The normalized spacial score (nSPS) is 34.6. The fourth-order valence-electron chi connectivity index (χ4n) is 3.20. The molecule has 4 heterocycles. The zero-order chi connectivity index (χ0) is 12.7. The SMILES string of the molecule is CC1C(NC(=O)c2ccc(Br)s2)C2CCN1CC2. The van der Waals surface area contributed by atoms with Crippen molar-refractivity contribution in [3.8, 4) is 0 Å². The maximum Gasteiger partial charge on any atom is 0.261 e. The lowest BCUT2D eigenvalue weighted by atomic mass is 9.79. The molecule has 3 saturated heterocycles. The Bertz CT molecular complexity index is 452. The maximum atomic E-state index is 12.2. The summed E-state index contributed by atoms with van der Waals surface area (Å²) in [5.41, 5.74) is 0. The molecule has 0 spiro atoms. The Hall–Kier alpha value is -0.390. The molecule has 0 aromatic carbocycles. The lowest BCUT2D eigenvalue weighted by Crippen LogP contribution is -2.62. The molecule has 0 radical (unpaired) electrons. The van der Waals surface area contributed by atoms with Gasteiger partial charge in [-0.1, -0.05) is 0 Å². The highest BCUT2D eigenvalue weighted by molar-refractivity contribution is 9.11. The van der Waals surface area contributed by atoms with Crippen LogP contribution in [0.15, 0.2) is 15.9 Å². The van der Waals surface area contributed by atoms with Gasteiger partial charge in [0.1, 0.15) is 0 Å². The average molecular weight is 329 g/mol. The van der Waals surface area contributed by atoms with Gasteiger partial charge in [-0.3, -0.25) is 9.69 Å². The molecule has 2 unspecified atom stereocenters. The highest BCUT2D eigenvalue weighted by Crippen LogP contribution is 2.32. The first-order valence-electron chi connectivity index (χ1n) is 6.45. The van der Waals surface area contributed by atoms with Crippen molar-refractivity contribution in [1.29, 1.82) is 0 Å². The number of nitrogens with one attached hydrogen (secondary N) is 1. The predicted octanol–water partition coefficient (Wildman–Crippen LogP) is 2.72. The molecule has 3 aliphatic rings. The number of nitrogens with zero attached hydrogens (tertiary/aromatic N) is 1. The number of halogens is 1. The van der Waals surface area contributed by atoms with Gasteiger partial charge >= 0.3 is 0 Å². The van der Waals surface area contributed by atoms with Crippen LogP contribution in [-0.2, 0) is 0 Å². The molecule has 3 nitrogen and oxygen atoms in total. The smallest absolute Gasteiger partial charge is 0.261 e. The summed E-state index contributed by atoms with van der Waals surface area (Å²) >= 11 is 4.90. The van der Waals surface area contributed by atoms with Crippen LogP contribution >= 0.6 is 27.3 Å². The van der Waals surface area contributed by atoms with Gasteiger partial charge in [0.15, 0.2) is 0 Å². The minimum absolute atomic E-state index is 0.0799. The Balaban J connectivity index is 1.71. The molecule has 98 valence electrons. The number of piperidine rings is 3. The topological polar surface area (TPSA) is 32.3 Å². The fourth-order valence-corrected chi connectivity index (χ4v) is 4.49. The van der Waals surface area contributed by atoms with Gasteiger partial charge in [-0.25, -0.2) is 0 Å².